The Bertz CT molecular complexity index is 1110. The van der Waals surface area contributed by atoms with Crippen LogP contribution in [0.3, 0.4) is 0 Å². The maximum atomic E-state index is 12.4. The first-order chi connectivity index (χ1) is 15.5. The molecule has 3 aromatic rings. The third-order valence-corrected chi connectivity index (χ3v) is 6.38. The summed E-state index contributed by atoms with van der Waals surface area (Å²) in [5.41, 5.74) is 1.91. The maximum Gasteiger partial charge on any atom is 0.257 e. The lowest BCUT2D eigenvalue weighted by molar-refractivity contribution is -0.132. The monoisotopic (exact) mass is 471 g/mol. The zero-order chi connectivity index (χ0) is 22.5. The molecule has 1 fully saturated rings. The molecule has 2 heterocycles. The number of nitrogens with zero attached hydrogens (tertiary/aromatic N) is 4. The second kappa shape index (κ2) is 10.2. The van der Waals surface area contributed by atoms with Crippen LogP contribution in [0.4, 0.5) is 5.69 Å². The molecule has 0 bridgehead atoms. The highest BCUT2D eigenvalue weighted by molar-refractivity contribution is 7.99. The molecule has 2 amide bonds. The molecule has 0 spiro atoms. The molecule has 1 aliphatic rings. The Labute approximate surface area is 194 Å². The molecule has 0 radical (unpaired) electrons. The first kappa shape index (κ1) is 22.3. The minimum atomic E-state index is -0.273. The van der Waals surface area contributed by atoms with Gasteiger partial charge in [0.05, 0.1) is 29.6 Å². The van der Waals surface area contributed by atoms with E-state index < -0.39 is 0 Å². The van der Waals surface area contributed by atoms with E-state index >= 15 is 0 Å². The molecule has 1 aliphatic heterocycles. The van der Waals surface area contributed by atoms with E-state index in [1.165, 1.54) is 11.8 Å². The van der Waals surface area contributed by atoms with Gasteiger partial charge in [0.15, 0.2) is 11.0 Å². The van der Waals surface area contributed by atoms with Gasteiger partial charge in [-0.25, -0.2) is 0 Å². The summed E-state index contributed by atoms with van der Waals surface area (Å²) in [5.74, 6) is 0.779. The Morgan fingerprint density at radius 2 is 1.81 bits per heavy atom. The molecule has 0 atom stereocenters. The molecule has 1 saturated heterocycles. The summed E-state index contributed by atoms with van der Waals surface area (Å²) in [4.78, 5) is 26.6. The molecule has 1 aromatic heterocycles. The van der Waals surface area contributed by atoms with Crippen LogP contribution in [0.5, 0.6) is 0 Å². The normalized spacial score (nSPS) is 13.8. The third-order valence-electron chi connectivity index (χ3n) is 5.04. The molecule has 10 heteroatoms. The summed E-state index contributed by atoms with van der Waals surface area (Å²) in [5, 5.41) is 12.4. The average molecular weight is 472 g/mol. The van der Waals surface area contributed by atoms with Crippen molar-refractivity contribution >= 4 is 40.9 Å². The Morgan fingerprint density at radius 1 is 1.09 bits per heavy atom. The van der Waals surface area contributed by atoms with Crippen LogP contribution in [0.2, 0.25) is 5.02 Å². The van der Waals surface area contributed by atoms with E-state index in [2.05, 4.69) is 15.5 Å². The van der Waals surface area contributed by atoms with Gasteiger partial charge in [0, 0.05) is 31.4 Å². The van der Waals surface area contributed by atoms with Gasteiger partial charge < -0.3 is 19.5 Å². The number of benzene rings is 2. The van der Waals surface area contributed by atoms with Gasteiger partial charge in [-0.2, -0.15) is 0 Å². The molecule has 1 N–H and O–H groups in total. The minimum Gasteiger partial charge on any atom is -0.378 e. The van der Waals surface area contributed by atoms with Gasteiger partial charge in [0.25, 0.3) is 5.91 Å². The largest absolute Gasteiger partial charge is 0.378 e. The van der Waals surface area contributed by atoms with Gasteiger partial charge >= 0.3 is 0 Å². The molecule has 2 aromatic carbocycles. The van der Waals surface area contributed by atoms with E-state index in [4.69, 9.17) is 16.3 Å². The fourth-order valence-corrected chi connectivity index (χ4v) is 4.30. The number of carbonyl (C=O) groups is 2. The maximum absolute atomic E-state index is 12.4. The van der Waals surface area contributed by atoms with E-state index in [-0.39, 0.29) is 11.8 Å². The number of hydrogen-bond acceptors (Lipinski definition) is 6. The Hall–Kier alpha value is -2.88. The molecular formula is C22H22ClN5O3S. The zero-order valence-electron chi connectivity index (χ0n) is 17.5. The minimum absolute atomic E-state index is 0.0708. The van der Waals surface area contributed by atoms with Crippen molar-refractivity contribution < 1.29 is 14.3 Å². The van der Waals surface area contributed by atoms with E-state index in [1.54, 1.807) is 36.4 Å². The number of nitrogens with one attached hydrogen (secondary N) is 1. The topological polar surface area (TPSA) is 89.3 Å². The number of thioether (sulfide) groups is 1. The SMILES string of the molecule is Cn1c(SCC(=O)N2CCOCC2)nnc1-c1ccc(NC(=O)c2ccccc2Cl)cc1. The Kier molecular flexibility index (Phi) is 7.09. The van der Waals surface area contributed by atoms with Crippen molar-refractivity contribution in [2.75, 3.05) is 37.4 Å². The number of morpholine rings is 1. The van der Waals surface area contributed by atoms with Crippen LogP contribution >= 0.6 is 23.4 Å². The van der Waals surface area contributed by atoms with Crippen LogP contribution in [-0.2, 0) is 16.6 Å². The molecule has 8 nitrogen and oxygen atoms in total. The fourth-order valence-electron chi connectivity index (χ4n) is 3.27. The van der Waals surface area contributed by atoms with Gasteiger partial charge in [0.1, 0.15) is 0 Å². The molecular weight excluding hydrogens is 450 g/mol. The number of rotatable bonds is 6. The number of aromatic nitrogens is 3. The van der Waals surface area contributed by atoms with Crippen molar-refractivity contribution in [3.05, 3.63) is 59.1 Å². The van der Waals surface area contributed by atoms with Crippen LogP contribution in [-0.4, -0.2) is 63.5 Å². The van der Waals surface area contributed by atoms with Gasteiger partial charge in [-0.1, -0.05) is 35.5 Å². The van der Waals surface area contributed by atoms with Gasteiger partial charge in [-0.15, -0.1) is 10.2 Å². The standard InChI is InChI=1S/C22H22ClN5O3S/c1-27-20(25-26-22(27)32-14-19(29)28-10-12-31-13-11-28)15-6-8-16(9-7-15)24-21(30)17-4-2-3-5-18(17)23/h2-9H,10-14H2,1H3,(H,24,30). The third kappa shape index (κ3) is 5.12. The first-order valence-corrected chi connectivity index (χ1v) is 11.4. The molecule has 0 aliphatic carbocycles. The van der Waals surface area contributed by atoms with Crippen molar-refractivity contribution in [2.24, 2.45) is 7.05 Å². The first-order valence-electron chi connectivity index (χ1n) is 10.1. The lowest BCUT2D eigenvalue weighted by Crippen LogP contribution is -2.41. The number of anilines is 1. The zero-order valence-corrected chi connectivity index (χ0v) is 19.0. The predicted molar refractivity (Wildman–Crippen MR) is 124 cm³/mol. The van der Waals surface area contributed by atoms with Crippen LogP contribution < -0.4 is 5.32 Å². The van der Waals surface area contributed by atoms with E-state index in [0.717, 1.165) is 5.56 Å². The van der Waals surface area contributed by atoms with E-state index in [1.807, 2.05) is 28.6 Å². The number of amides is 2. The second-order valence-corrected chi connectivity index (χ2v) is 8.51. The number of hydrogen-bond donors (Lipinski definition) is 1. The van der Waals surface area contributed by atoms with Crippen molar-refractivity contribution in [1.82, 2.24) is 19.7 Å². The van der Waals surface area contributed by atoms with Crippen molar-refractivity contribution in [3.8, 4) is 11.4 Å². The number of ether oxygens (including phenoxy) is 1. The predicted octanol–water partition coefficient (Wildman–Crippen LogP) is 3.34. The quantitative estimate of drug-likeness (QED) is 0.554. The van der Waals surface area contributed by atoms with Gasteiger partial charge in [-0.3, -0.25) is 9.59 Å². The fraction of sp³-hybridized carbons (Fsp3) is 0.273. The molecule has 0 unspecified atom stereocenters. The van der Waals surface area contributed by atoms with Crippen LogP contribution in [0.15, 0.2) is 53.7 Å². The molecule has 32 heavy (non-hydrogen) atoms. The molecule has 4 rings (SSSR count). The summed E-state index contributed by atoms with van der Waals surface area (Å²) in [7, 11) is 1.87. The lowest BCUT2D eigenvalue weighted by atomic mass is 10.1. The van der Waals surface area contributed by atoms with Crippen LogP contribution in [0.25, 0.3) is 11.4 Å². The highest BCUT2D eigenvalue weighted by atomic mass is 35.5. The Balaban J connectivity index is 1.39. The van der Waals surface area contributed by atoms with Gasteiger partial charge in [-0.05, 0) is 36.4 Å². The van der Waals surface area contributed by atoms with Crippen molar-refractivity contribution in [1.29, 1.82) is 0 Å². The lowest BCUT2D eigenvalue weighted by Gasteiger charge is -2.26. The summed E-state index contributed by atoms with van der Waals surface area (Å²) >= 11 is 7.45. The molecule has 0 saturated carbocycles. The van der Waals surface area contributed by atoms with Crippen molar-refractivity contribution in [2.45, 2.75) is 5.16 Å². The van der Waals surface area contributed by atoms with E-state index in [0.29, 0.717) is 59.3 Å². The number of carbonyl (C=O) groups excluding carboxylic acids is 2. The van der Waals surface area contributed by atoms with Crippen LogP contribution in [0, 0.1) is 0 Å². The highest BCUT2D eigenvalue weighted by Crippen LogP contribution is 2.25. The Morgan fingerprint density at radius 3 is 2.53 bits per heavy atom. The summed E-state index contributed by atoms with van der Waals surface area (Å²) in [6, 6.07) is 14.2. The number of halogens is 1. The summed E-state index contributed by atoms with van der Waals surface area (Å²) in [6.45, 7) is 2.42. The second-order valence-electron chi connectivity index (χ2n) is 7.16. The van der Waals surface area contributed by atoms with Gasteiger partial charge in [0.2, 0.25) is 5.91 Å². The smallest absolute Gasteiger partial charge is 0.257 e. The average Bonchev–Trinajstić information content (AvgIpc) is 3.19. The summed E-state index contributed by atoms with van der Waals surface area (Å²) in [6.07, 6.45) is 0. The van der Waals surface area contributed by atoms with Crippen molar-refractivity contribution in [3.63, 3.8) is 0 Å². The van der Waals surface area contributed by atoms with Crippen LogP contribution in [0.1, 0.15) is 10.4 Å². The molecule has 166 valence electrons. The summed E-state index contributed by atoms with van der Waals surface area (Å²) < 4.78 is 7.14. The van der Waals surface area contributed by atoms with E-state index in [9.17, 15) is 9.59 Å². The highest BCUT2D eigenvalue weighted by Gasteiger charge is 2.19.